The minimum atomic E-state index is -0.286. The van der Waals surface area contributed by atoms with Gasteiger partial charge in [0, 0.05) is 5.69 Å². The second-order valence-electron chi connectivity index (χ2n) is 3.36. The van der Waals surface area contributed by atoms with Crippen molar-refractivity contribution in [3.05, 3.63) is 29.8 Å². The molecule has 2 N–H and O–H groups in total. The van der Waals surface area contributed by atoms with E-state index in [0.717, 1.165) is 11.3 Å². The van der Waals surface area contributed by atoms with Crippen LogP contribution in [0.2, 0.25) is 0 Å². The van der Waals surface area contributed by atoms with Crippen LogP contribution in [0, 0.1) is 19.3 Å². The molecule has 0 radical (unpaired) electrons. The van der Waals surface area contributed by atoms with Gasteiger partial charge in [-0.1, -0.05) is 18.1 Å². The van der Waals surface area contributed by atoms with Crippen molar-refractivity contribution in [1.82, 2.24) is 5.32 Å². The van der Waals surface area contributed by atoms with Gasteiger partial charge in [-0.05, 0) is 31.5 Å². The average molecular weight is 202 g/mol. The molecule has 1 rings (SSSR count). The lowest BCUT2D eigenvalue weighted by atomic mass is 10.2. The van der Waals surface area contributed by atoms with Crippen molar-refractivity contribution in [3.8, 4) is 12.3 Å². The van der Waals surface area contributed by atoms with Crippen LogP contribution in [0.15, 0.2) is 24.3 Å². The second-order valence-corrected chi connectivity index (χ2v) is 3.36. The smallest absolute Gasteiger partial charge is 0.320 e. The monoisotopic (exact) mass is 202 g/mol. The summed E-state index contributed by atoms with van der Waals surface area (Å²) in [6, 6.07) is 7.01. The third kappa shape index (κ3) is 3.74. The van der Waals surface area contributed by atoms with Crippen molar-refractivity contribution in [2.24, 2.45) is 0 Å². The van der Waals surface area contributed by atoms with E-state index < -0.39 is 0 Å². The normalized spacial score (nSPS) is 11.3. The fourth-order valence-corrected chi connectivity index (χ4v) is 1.13. The van der Waals surface area contributed by atoms with Gasteiger partial charge in [-0.3, -0.25) is 0 Å². The third-order valence-corrected chi connectivity index (χ3v) is 1.87. The summed E-state index contributed by atoms with van der Waals surface area (Å²) >= 11 is 0. The van der Waals surface area contributed by atoms with E-state index in [4.69, 9.17) is 6.42 Å². The number of anilines is 1. The van der Waals surface area contributed by atoms with Crippen LogP contribution in [-0.2, 0) is 0 Å². The van der Waals surface area contributed by atoms with E-state index >= 15 is 0 Å². The molecule has 0 spiro atoms. The van der Waals surface area contributed by atoms with Crippen LogP contribution >= 0.6 is 0 Å². The Morgan fingerprint density at radius 2 is 2.27 bits per heavy atom. The van der Waals surface area contributed by atoms with Crippen LogP contribution in [0.25, 0.3) is 0 Å². The van der Waals surface area contributed by atoms with E-state index in [2.05, 4.69) is 16.6 Å². The van der Waals surface area contributed by atoms with Gasteiger partial charge in [0.15, 0.2) is 0 Å². The molecule has 1 aromatic carbocycles. The number of benzene rings is 1. The minimum Gasteiger partial charge on any atom is -0.325 e. The van der Waals surface area contributed by atoms with Gasteiger partial charge in [0.05, 0.1) is 6.04 Å². The zero-order valence-corrected chi connectivity index (χ0v) is 8.87. The lowest BCUT2D eigenvalue weighted by Crippen LogP contribution is -2.35. The van der Waals surface area contributed by atoms with E-state index in [0.29, 0.717) is 0 Å². The molecule has 0 aliphatic heterocycles. The summed E-state index contributed by atoms with van der Waals surface area (Å²) in [6.45, 7) is 3.71. The summed E-state index contributed by atoms with van der Waals surface area (Å²) < 4.78 is 0. The number of hydrogen-bond donors (Lipinski definition) is 2. The lowest BCUT2D eigenvalue weighted by molar-refractivity contribution is 0.251. The van der Waals surface area contributed by atoms with Crippen molar-refractivity contribution >= 4 is 11.7 Å². The predicted octanol–water partition coefficient (Wildman–Crippen LogP) is 2.14. The van der Waals surface area contributed by atoms with Crippen molar-refractivity contribution in [2.75, 3.05) is 5.32 Å². The molecule has 2 amide bonds. The first kappa shape index (κ1) is 11.1. The average Bonchev–Trinajstić information content (AvgIpc) is 2.17. The summed E-state index contributed by atoms with van der Waals surface area (Å²) in [6.07, 6.45) is 5.15. The zero-order valence-electron chi connectivity index (χ0n) is 8.87. The molecule has 0 bridgehead atoms. The summed E-state index contributed by atoms with van der Waals surface area (Å²) in [4.78, 5) is 11.4. The van der Waals surface area contributed by atoms with Crippen LogP contribution in [0.1, 0.15) is 12.5 Å². The highest BCUT2D eigenvalue weighted by atomic mass is 16.2. The van der Waals surface area contributed by atoms with Crippen LogP contribution in [0.4, 0.5) is 10.5 Å². The molecule has 0 aliphatic carbocycles. The van der Waals surface area contributed by atoms with Crippen molar-refractivity contribution in [1.29, 1.82) is 0 Å². The summed E-state index contributed by atoms with van der Waals surface area (Å²) in [7, 11) is 0. The number of urea groups is 1. The first-order valence-corrected chi connectivity index (χ1v) is 4.72. The first-order chi connectivity index (χ1) is 7.11. The first-order valence-electron chi connectivity index (χ1n) is 4.72. The largest absolute Gasteiger partial charge is 0.325 e. The number of rotatable bonds is 2. The van der Waals surface area contributed by atoms with Crippen molar-refractivity contribution < 1.29 is 4.79 Å². The third-order valence-electron chi connectivity index (χ3n) is 1.87. The Bertz CT molecular complexity index is 393. The van der Waals surface area contributed by atoms with E-state index in [1.807, 2.05) is 31.2 Å². The highest BCUT2D eigenvalue weighted by molar-refractivity contribution is 5.89. The van der Waals surface area contributed by atoms with E-state index in [-0.39, 0.29) is 12.1 Å². The van der Waals surface area contributed by atoms with E-state index in [1.165, 1.54) is 0 Å². The summed E-state index contributed by atoms with van der Waals surface area (Å²) in [5.74, 6) is 2.42. The van der Waals surface area contributed by atoms with Gasteiger partial charge in [0.2, 0.25) is 0 Å². The van der Waals surface area contributed by atoms with Crippen molar-refractivity contribution in [3.63, 3.8) is 0 Å². The van der Waals surface area contributed by atoms with Crippen LogP contribution in [-0.4, -0.2) is 12.1 Å². The maximum Gasteiger partial charge on any atom is 0.320 e. The van der Waals surface area contributed by atoms with Gasteiger partial charge in [-0.2, -0.15) is 0 Å². The Kier molecular flexibility index (Phi) is 3.75. The lowest BCUT2D eigenvalue weighted by Gasteiger charge is -2.09. The molecular formula is C12H14N2O. The Balaban J connectivity index is 2.56. The molecule has 1 atom stereocenters. The zero-order chi connectivity index (χ0) is 11.3. The van der Waals surface area contributed by atoms with Crippen LogP contribution < -0.4 is 10.6 Å². The fourth-order valence-electron chi connectivity index (χ4n) is 1.13. The quantitative estimate of drug-likeness (QED) is 0.709. The minimum absolute atomic E-state index is 0.269. The topological polar surface area (TPSA) is 41.1 Å². The number of nitrogens with one attached hydrogen (secondary N) is 2. The van der Waals surface area contributed by atoms with Crippen LogP contribution in [0.5, 0.6) is 0 Å². The molecule has 3 nitrogen and oxygen atoms in total. The number of terminal acetylenes is 1. The molecular weight excluding hydrogens is 188 g/mol. The summed E-state index contributed by atoms with van der Waals surface area (Å²) in [5.41, 5.74) is 1.86. The van der Waals surface area contributed by atoms with Gasteiger partial charge in [-0.15, -0.1) is 6.42 Å². The van der Waals surface area contributed by atoms with Gasteiger partial charge in [-0.25, -0.2) is 4.79 Å². The maximum absolute atomic E-state index is 11.4. The van der Waals surface area contributed by atoms with Crippen LogP contribution in [0.3, 0.4) is 0 Å². The van der Waals surface area contributed by atoms with Gasteiger partial charge in [0.25, 0.3) is 0 Å². The van der Waals surface area contributed by atoms with E-state index in [9.17, 15) is 4.79 Å². The molecule has 78 valence electrons. The number of carbonyl (C=O) groups is 1. The Hall–Kier alpha value is -1.95. The molecule has 0 fully saturated rings. The molecule has 0 saturated carbocycles. The highest BCUT2D eigenvalue weighted by Gasteiger charge is 2.03. The standard InChI is InChI=1S/C12H14N2O/c1-4-10(3)13-12(15)14-11-7-5-6-9(2)8-11/h1,5-8,10H,2-3H3,(H2,13,14,15). The maximum atomic E-state index is 11.4. The number of carbonyl (C=O) groups excluding carboxylic acids is 1. The second kappa shape index (κ2) is 5.06. The molecule has 0 heterocycles. The molecule has 0 aliphatic rings. The fraction of sp³-hybridized carbons (Fsp3) is 0.250. The Morgan fingerprint density at radius 1 is 1.53 bits per heavy atom. The number of aryl methyl sites for hydroxylation is 1. The van der Waals surface area contributed by atoms with E-state index in [1.54, 1.807) is 6.92 Å². The van der Waals surface area contributed by atoms with Gasteiger partial charge >= 0.3 is 6.03 Å². The SMILES string of the molecule is C#CC(C)NC(=O)Nc1cccc(C)c1. The molecule has 1 aromatic rings. The molecule has 0 aromatic heterocycles. The highest BCUT2D eigenvalue weighted by Crippen LogP contribution is 2.08. The number of amides is 2. The Labute approximate surface area is 89.9 Å². The van der Waals surface area contributed by atoms with Gasteiger partial charge in [0.1, 0.15) is 0 Å². The summed E-state index contributed by atoms with van der Waals surface area (Å²) in [5, 5.41) is 5.31. The molecule has 3 heteroatoms. The molecule has 0 saturated heterocycles. The van der Waals surface area contributed by atoms with Crippen molar-refractivity contribution in [2.45, 2.75) is 19.9 Å². The molecule has 15 heavy (non-hydrogen) atoms. The predicted molar refractivity (Wildman–Crippen MR) is 61.6 cm³/mol. The number of hydrogen-bond acceptors (Lipinski definition) is 1. The van der Waals surface area contributed by atoms with Gasteiger partial charge < -0.3 is 10.6 Å². The molecule has 1 unspecified atom stereocenters. The Morgan fingerprint density at radius 3 is 2.87 bits per heavy atom.